The van der Waals surface area contributed by atoms with Crippen LogP contribution in [0.4, 0.5) is 0 Å². The van der Waals surface area contributed by atoms with Crippen molar-refractivity contribution in [3.8, 4) is 17.0 Å². The molecule has 35 heavy (non-hydrogen) atoms. The van der Waals surface area contributed by atoms with Crippen LogP contribution in [-0.2, 0) is 11.3 Å². The first kappa shape index (κ1) is 26.3. The fourth-order valence-electron chi connectivity index (χ4n) is 4.12. The van der Waals surface area contributed by atoms with Gasteiger partial charge in [0.1, 0.15) is 5.82 Å². The van der Waals surface area contributed by atoms with E-state index in [4.69, 9.17) is 14.5 Å². The summed E-state index contributed by atoms with van der Waals surface area (Å²) in [6, 6.07) is 7.58. The fourth-order valence-corrected chi connectivity index (χ4v) is 4.12. The van der Waals surface area contributed by atoms with Gasteiger partial charge in [0, 0.05) is 54.7 Å². The molecule has 1 saturated carbocycles. The van der Waals surface area contributed by atoms with Crippen molar-refractivity contribution in [3.05, 3.63) is 75.9 Å². The van der Waals surface area contributed by atoms with Crippen molar-refractivity contribution in [2.24, 2.45) is 5.92 Å². The zero-order chi connectivity index (χ0) is 25.5. The van der Waals surface area contributed by atoms with Crippen LogP contribution in [0.3, 0.4) is 0 Å². The third-order valence-corrected chi connectivity index (χ3v) is 6.22. The number of rotatable bonds is 9. The molecule has 7 heteroatoms. The van der Waals surface area contributed by atoms with Crippen LogP contribution in [-0.4, -0.2) is 39.8 Å². The van der Waals surface area contributed by atoms with E-state index in [1.165, 1.54) is 0 Å². The van der Waals surface area contributed by atoms with E-state index in [0.717, 1.165) is 40.2 Å². The maximum Gasteiger partial charge on any atom is 0.250 e. The average Bonchev–Trinajstić information content (AvgIpc) is 3.64. The Kier molecular flexibility index (Phi) is 8.93. The van der Waals surface area contributed by atoms with Crippen molar-refractivity contribution in [2.45, 2.75) is 53.5 Å². The molecule has 3 aromatic rings. The van der Waals surface area contributed by atoms with Gasteiger partial charge in [-0.15, -0.1) is 0 Å². The summed E-state index contributed by atoms with van der Waals surface area (Å²) in [5, 5.41) is 0. The lowest BCUT2D eigenvalue weighted by Gasteiger charge is -2.16. The Balaban J connectivity index is 0.00000167. The number of ether oxygens (including phenoxy) is 2. The van der Waals surface area contributed by atoms with Crippen LogP contribution < -0.4 is 10.3 Å². The summed E-state index contributed by atoms with van der Waals surface area (Å²) in [4.78, 5) is 26.1. The molecule has 4 rings (SSSR count). The summed E-state index contributed by atoms with van der Waals surface area (Å²) in [5.41, 5.74) is 5.59. The normalized spacial score (nSPS) is 16.3. The van der Waals surface area contributed by atoms with Crippen LogP contribution in [0, 0.1) is 26.7 Å². The van der Waals surface area contributed by atoms with Crippen LogP contribution in [0.2, 0.25) is 0 Å². The molecular formula is C28H36N4O3. The van der Waals surface area contributed by atoms with Crippen molar-refractivity contribution in [1.29, 1.82) is 0 Å². The van der Waals surface area contributed by atoms with E-state index < -0.39 is 0 Å². The predicted molar refractivity (Wildman–Crippen MR) is 140 cm³/mol. The Hall–Kier alpha value is -3.32. The van der Waals surface area contributed by atoms with Gasteiger partial charge in [-0.1, -0.05) is 26.5 Å². The van der Waals surface area contributed by atoms with E-state index in [1.807, 2.05) is 40.7 Å². The van der Waals surface area contributed by atoms with Gasteiger partial charge in [-0.3, -0.25) is 9.78 Å². The van der Waals surface area contributed by atoms with Crippen molar-refractivity contribution in [3.63, 3.8) is 0 Å². The highest BCUT2D eigenvalue weighted by Crippen LogP contribution is 2.47. The molecule has 0 saturated heterocycles. The summed E-state index contributed by atoms with van der Waals surface area (Å²) in [6.07, 6.45) is 4.61. The minimum Gasteiger partial charge on any atom is -0.477 e. The third kappa shape index (κ3) is 6.03. The zero-order valence-corrected chi connectivity index (χ0v) is 21.7. The van der Waals surface area contributed by atoms with Gasteiger partial charge < -0.3 is 14.0 Å². The highest BCUT2D eigenvalue weighted by molar-refractivity contribution is 5.69. The largest absolute Gasteiger partial charge is 0.477 e. The first-order chi connectivity index (χ1) is 16.9. The maximum atomic E-state index is 12.4. The molecule has 2 atom stereocenters. The van der Waals surface area contributed by atoms with Gasteiger partial charge in [0.25, 0.3) is 5.56 Å². The van der Waals surface area contributed by atoms with E-state index >= 15 is 0 Å². The second-order valence-electron chi connectivity index (χ2n) is 8.51. The fraction of sp³-hybridized carbons (Fsp3) is 0.429. The minimum atomic E-state index is -0.0610. The smallest absolute Gasteiger partial charge is 0.250 e. The minimum absolute atomic E-state index is 0.0610. The summed E-state index contributed by atoms with van der Waals surface area (Å²) < 4.78 is 13.1. The zero-order valence-electron chi connectivity index (χ0n) is 21.7. The predicted octanol–water partition coefficient (Wildman–Crippen LogP) is 5.12. The molecule has 0 bridgehead atoms. The van der Waals surface area contributed by atoms with Gasteiger partial charge in [0.05, 0.1) is 24.5 Å². The number of aryl methyl sites for hydroxylation is 2. The lowest BCUT2D eigenvalue weighted by Crippen LogP contribution is -2.24. The molecule has 0 amide bonds. The SMILES string of the molecule is C=Cc1nc(C2CC2COc2nc(C)ncc2-c2ccc(=O)n(CCOC)c2C)ccc1C.CC. The molecule has 0 aromatic carbocycles. The molecule has 0 N–H and O–H groups in total. The van der Waals surface area contributed by atoms with Crippen molar-refractivity contribution >= 4 is 6.08 Å². The summed E-state index contributed by atoms with van der Waals surface area (Å²) in [5.74, 6) is 1.95. The first-order valence-corrected chi connectivity index (χ1v) is 12.2. The molecular weight excluding hydrogens is 440 g/mol. The highest BCUT2D eigenvalue weighted by atomic mass is 16.5. The molecule has 0 radical (unpaired) electrons. The number of hydrogen-bond acceptors (Lipinski definition) is 6. The average molecular weight is 477 g/mol. The maximum absolute atomic E-state index is 12.4. The lowest BCUT2D eigenvalue weighted by atomic mass is 10.1. The molecule has 186 valence electrons. The summed E-state index contributed by atoms with van der Waals surface area (Å²) >= 11 is 0. The quantitative estimate of drug-likeness (QED) is 0.426. The van der Waals surface area contributed by atoms with E-state index in [0.29, 0.717) is 43.3 Å². The van der Waals surface area contributed by atoms with Crippen LogP contribution in [0.25, 0.3) is 17.2 Å². The van der Waals surface area contributed by atoms with E-state index in [1.54, 1.807) is 30.0 Å². The van der Waals surface area contributed by atoms with Crippen LogP contribution in [0.15, 0.2) is 41.8 Å². The molecule has 2 unspecified atom stereocenters. The molecule has 1 aliphatic carbocycles. The molecule has 1 fully saturated rings. The second kappa shape index (κ2) is 11.9. The third-order valence-electron chi connectivity index (χ3n) is 6.22. The van der Waals surface area contributed by atoms with Gasteiger partial charge in [0.2, 0.25) is 5.88 Å². The van der Waals surface area contributed by atoms with Crippen LogP contribution in [0.5, 0.6) is 5.88 Å². The monoisotopic (exact) mass is 476 g/mol. The molecule has 7 nitrogen and oxygen atoms in total. The Morgan fingerprint density at radius 3 is 2.60 bits per heavy atom. The van der Waals surface area contributed by atoms with Crippen LogP contribution in [0.1, 0.15) is 54.7 Å². The molecule has 0 spiro atoms. The van der Waals surface area contributed by atoms with Crippen molar-refractivity contribution in [1.82, 2.24) is 19.5 Å². The highest BCUT2D eigenvalue weighted by Gasteiger charge is 2.40. The topological polar surface area (TPSA) is 79.1 Å². The number of hydrogen-bond donors (Lipinski definition) is 0. The molecule has 0 aliphatic heterocycles. The standard InChI is InChI=1S/C26H30N4O3.C2H6/c1-6-23-16(2)7-9-24(29-23)21-13-19(21)15-33-26-22(14-27-18(4)28-26)20-8-10-25(31)30(17(20)3)11-12-32-5;1-2/h6-10,14,19,21H,1,11-13,15H2,2-5H3;1-2H3. The van der Waals surface area contributed by atoms with Gasteiger partial charge in [-0.05, 0) is 51.0 Å². The Morgan fingerprint density at radius 2 is 1.89 bits per heavy atom. The Labute approximate surface area is 207 Å². The van der Waals surface area contributed by atoms with Crippen molar-refractivity contribution in [2.75, 3.05) is 20.3 Å². The number of nitrogens with zero attached hydrogens (tertiary/aromatic N) is 4. The van der Waals surface area contributed by atoms with Crippen molar-refractivity contribution < 1.29 is 9.47 Å². The summed E-state index contributed by atoms with van der Waals surface area (Å²) in [7, 11) is 1.62. The number of pyridine rings is 2. The Morgan fingerprint density at radius 1 is 1.11 bits per heavy atom. The number of aromatic nitrogens is 4. The number of methoxy groups -OCH3 is 1. The molecule has 1 aliphatic rings. The van der Waals surface area contributed by atoms with Gasteiger partial charge in [0.15, 0.2) is 0 Å². The van der Waals surface area contributed by atoms with E-state index in [9.17, 15) is 4.79 Å². The summed E-state index contributed by atoms with van der Waals surface area (Å²) in [6.45, 7) is 15.2. The van der Waals surface area contributed by atoms with Crippen LogP contribution >= 0.6 is 0 Å². The molecule has 3 heterocycles. The van der Waals surface area contributed by atoms with Gasteiger partial charge in [-0.2, -0.15) is 4.98 Å². The Bertz CT molecular complexity index is 1240. The molecule has 3 aromatic heterocycles. The second-order valence-corrected chi connectivity index (χ2v) is 8.51. The van der Waals surface area contributed by atoms with Gasteiger partial charge in [-0.25, -0.2) is 4.98 Å². The van der Waals surface area contributed by atoms with E-state index in [-0.39, 0.29) is 5.56 Å². The first-order valence-electron chi connectivity index (χ1n) is 12.2. The lowest BCUT2D eigenvalue weighted by molar-refractivity contribution is 0.185. The van der Waals surface area contributed by atoms with Gasteiger partial charge >= 0.3 is 0 Å². The van der Waals surface area contributed by atoms with E-state index in [2.05, 4.69) is 28.7 Å².